The van der Waals surface area contributed by atoms with Gasteiger partial charge in [-0.1, -0.05) is 17.7 Å². The van der Waals surface area contributed by atoms with Gasteiger partial charge in [0.1, 0.15) is 6.54 Å². The van der Waals surface area contributed by atoms with Crippen LogP contribution in [0.1, 0.15) is 41.2 Å². The molecule has 0 saturated carbocycles. The molecule has 0 aliphatic heterocycles. The first-order valence-electron chi connectivity index (χ1n) is 9.24. The fourth-order valence-electron chi connectivity index (χ4n) is 2.84. The smallest absolute Gasteiger partial charge is 0.339 e. The number of anilines is 1. The summed E-state index contributed by atoms with van der Waals surface area (Å²) in [6, 6.07) is 6.81. The van der Waals surface area contributed by atoms with Gasteiger partial charge >= 0.3 is 11.9 Å². The molecule has 7 nitrogen and oxygen atoms in total. The number of benzene rings is 1. The highest BCUT2D eigenvalue weighted by molar-refractivity contribution is 6.31. The first kappa shape index (κ1) is 22.5. The summed E-state index contributed by atoms with van der Waals surface area (Å²) in [6.07, 6.45) is -0.999. The van der Waals surface area contributed by atoms with Crippen molar-refractivity contribution in [3.05, 3.63) is 51.8 Å². The normalized spacial score (nSPS) is 11.7. The van der Waals surface area contributed by atoms with Crippen LogP contribution in [0.3, 0.4) is 0 Å². The summed E-state index contributed by atoms with van der Waals surface area (Å²) in [5, 5.41) is 3.20. The zero-order valence-electron chi connectivity index (χ0n) is 17.2. The van der Waals surface area contributed by atoms with E-state index in [2.05, 4.69) is 5.32 Å². The maximum Gasteiger partial charge on any atom is 0.339 e. The number of carbonyl (C=O) groups is 3. The zero-order valence-corrected chi connectivity index (χ0v) is 17.9. The van der Waals surface area contributed by atoms with Gasteiger partial charge in [0.05, 0.1) is 12.2 Å². The number of rotatable bonds is 7. The lowest BCUT2D eigenvalue weighted by molar-refractivity contribution is -0.153. The number of hydrogen-bond donors (Lipinski definition) is 1. The molecule has 1 atom stereocenters. The Morgan fingerprint density at radius 3 is 2.52 bits per heavy atom. The monoisotopic (exact) mass is 420 g/mol. The summed E-state index contributed by atoms with van der Waals surface area (Å²) in [4.78, 5) is 36.7. The summed E-state index contributed by atoms with van der Waals surface area (Å²) in [7, 11) is 0. The van der Waals surface area contributed by atoms with Crippen LogP contribution < -0.4 is 5.32 Å². The predicted octanol–water partition coefficient (Wildman–Crippen LogP) is 3.81. The van der Waals surface area contributed by atoms with Crippen molar-refractivity contribution < 1.29 is 23.9 Å². The fourth-order valence-corrected chi connectivity index (χ4v) is 3.01. The van der Waals surface area contributed by atoms with E-state index in [9.17, 15) is 14.4 Å². The van der Waals surface area contributed by atoms with E-state index in [1.165, 1.54) is 6.92 Å². The molecule has 29 heavy (non-hydrogen) atoms. The van der Waals surface area contributed by atoms with Gasteiger partial charge in [0.2, 0.25) is 0 Å². The fraction of sp³-hybridized carbons (Fsp3) is 0.381. The van der Waals surface area contributed by atoms with Gasteiger partial charge in [0.15, 0.2) is 6.10 Å². The molecular weight excluding hydrogens is 396 g/mol. The minimum absolute atomic E-state index is 0.120. The molecule has 1 N–H and O–H groups in total. The minimum atomic E-state index is -0.999. The summed E-state index contributed by atoms with van der Waals surface area (Å²) < 4.78 is 11.9. The number of aryl methyl sites for hydroxylation is 2. The van der Waals surface area contributed by atoms with Crippen LogP contribution in [0.2, 0.25) is 5.02 Å². The minimum Gasteiger partial charge on any atom is -0.462 e. The van der Waals surface area contributed by atoms with Crippen LogP contribution in [0, 0.1) is 20.8 Å². The highest BCUT2D eigenvalue weighted by atomic mass is 35.5. The molecule has 156 valence electrons. The lowest BCUT2D eigenvalue weighted by atomic mass is 10.2. The molecule has 1 heterocycles. The lowest BCUT2D eigenvalue weighted by Gasteiger charge is -2.16. The number of esters is 2. The van der Waals surface area contributed by atoms with Crippen LogP contribution in [0.5, 0.6) is 0 Å². The average molecular weight is 421 g/mol. The molecule has 0 spiro atoms. The number of halogens is 1. The Hall–Kier alpha value is -2.80. The molecular formula is C21H25ClN2O5. The maximum atomic E-state index is 12.4. The largest absolute Gasteiger partial charge is 0.462 e. The molecule has 2 rings (SSSR count). The summed E-state index contributed by atoms with van der Waals surface area (Å²) in [6.45, 7) is 8.71. The van der Waals surface area contributed by atoms with Crippen molar-refractivity contribution in [2.24, 2.45) is 0 Å². The van der Waals surface area contributed by atoms with Crippen LogP contribution in [0.25, 0.3) is 0 Å². The van der Waals surface area contributed by atoms with Gasteiger partial charge in [-0.05, 0) is 58.4 Å². The molecule has 2 aromatic rings. The molecule has 0 radical (unpaired) electrons. The van der Waals surface area contributed by atoms with Crippen molar-refractivity contribution in [2.75, 3.05) is 11.9 Å². The van der Waals surface area contributed by atoms with Crippen molar-refractivity contribution >= 4 is 35.1 Å². The quantitative estimate of drug-likeness (QED) is 0.688. The third-order valence-electron chi connectivity index (χ3n) is 4.49. The lowest BCUT2D eigenvalue weighted by Crippen LogP contribution is -2.31. The van der Waals surface area contributed by atoms with Crippen molar-refractivity contribution in [3.63, 3.8) is 0 Å². The standard InChI is InChI=1S/C21H25ClN2O5/c1-6-28-21(27)17-9-13(3)24(14(17)4)11-19(25)29-15(5)20(26)23-18-10-16(22)8-7-12(18)2/h7-10,15H,6,11H2,1-5H3,(H,23,26). The van der Waals surface area contributed by atoms with Crippen LogP contribution in [-0.4, -0.2) is 35.1 Å². The van der Waals surface area contributed by atoms with Gasteiger partial charge in [-0.3, -0.25) is 9.59 Å². The number of ether oxygens (including phenoxy) is 2. The topological polar surface area (TPSA) is 86.6 Å². The van der Waals surface area contributed by atoms with Gasteiger partial charge in [0, 0.05) is 22.1 Å². The van der Waals surface area contributed by atoms with Gasteiger partial charge in [-0.25, -0.2) is 4.79 Å². The van der Waals surface area contributed by atoms with Gasteiger partial charge in [0.25, 0.3) is 5.91 Å². The van der Waals surface area contributed by atoms with E-state index in [-0.39, 0.29) is 13.2 Å². The molecule has 1 amide bonds. The van der Waals surface area contributed by atoms with E-state index in [0.29, 0.717) is 27.7 Å². The second kappa shape index (κ2) is 9.60. The Kier molecular flexibility index (Phi) is 7.45. The Morgan fingerprint density at radius 1 is 1.17 bits per heavy atom. The van der Waals surface area contributed by atoms with E-state index >= 15 is 0 Å². The van der Waals surface area contributed by atoms with E-state index in [4.69, 9.17) is 21.1 Å². The molecule has 1 aromatic carbocycles. The van der Waals surface area contributed by atoms with Crippen LogP contribution in [0.15, 0.2) is 24.3 Å². The van der Waals surface area contributed by atoms with Crippen molar-refractivity contribution in [1.29, 1.82) is 0 Å². The van der Waals surface area contributed by atoms with Gasteiger partial charge in [-0.15, -0.1) is 0 Å². The number of nitrogens with zero attached hydrogens (tertiary/aromatic N) is 1. The van der Waals surface area contributed by atoms with Crippen LogP contribution in [0.4, 0.5) is 5.69 Å². The number of amides is 1. The van der Waals surface area contributed by atoms with Crippen molar-refractivity contribution in [1.82, 2.24) is 4.57 Å². The van der Waals surface area contributed by atoms with Gasteiger partial charge in [-0.2, -0.15) is 0 Å². The van der Waals surface area contributed by atoms with Crippen LogP contribution in [-0.2, 0) is 25.6 Å². The van der Waals surface area contributed by atoms with E-state index in [0.717, 1.165) is 5.56 Å². The van der Waals surface area contributed by atoms with E-state index < -0.39 is 23.9 Å². The van der Waals surface area contributed by atoms with E-state index in [1.807, 2.05) is 6.92 Å². The maximum absolute atomic E-state index is 12.4. The number of aromatic nitrogens is 1. The highest BCUT2D eigenvalue weighted by Gasteiger charge is 2.22. The molecule has 8 heteroatoms. The molecule has 0 saturated heterocycles. The summed E-state index contributed by atoms with van der Waals surface area (Å²) in [5.74, 6) is -1.49. The van der Waals surface area contributed by atoms with E-state index in [1.54, 1.807) is 49.6 Å². The summed E-state index contributed by atoms with van der Waals surface area (Å²) >= 11 is 5.96. The first-order valence-corrected chi connectivity index (χ1v) is 9.62. The van der Waals surface area contributed by atoms with Crippen molar-refractivity contribution in [3.8, 4) is 0 Å². The molecule has 0 aliphatic carbocycles. The second-order valence-electron chi connectivity index (χ2n) is 6.67. The number of nitrogens with one attached hydrogen (secondary N) is 1. The Balaban J connectivity index is 2.02. The SMILES string of the molecule is CCOC(=O)c1cc(C)n(CC(=O)OC(C)C(=O)Nc2cc(Cl)ccc2C)c1C. The molecule has 0 aliphatic rings. The zero-order chi connectivity index (χ0) is 21.7. The highest BCUT2D eigenvalue weighted by Crippen LogP contribution is 2.21. The van der Waals surface area contributed by atoms with Gasteiger partial charge < -0.3 is 19.4 Å². The molecule has 1 aromatic heterocycles. The van der Waals surface area contributed by atoms with Crippen molar-refractivity contribution in [2.45, 2.75) is 47.3 Å². The molecule has 1 unspecified atom stereocenters. The first-order chi connectivity index (χ1) is 13.6. The Bertz CT molecular complexity index is 935. The summed E-state index contributed by atoms with van der Waals surface area (Å²) in [5.41, 5.74) is 3.12. The molecule has 0 bridgehead atoms. The second-order valence-corrected chi connectivity index (χ2v) is 7.11. The Morgan fingerprint density at radius 2 is 1.86 bits per heavy atom. The third kappa shape index (κ3) is 5.60. The Labute approximate surface area is 174 Å². The molecule has 0 fully saturated rings. The van der Waals surface area contributed by atoms with Crippen LogP contribution >= 0.6 is 11.6 Å². The predicted molar refractivity (Wildman–Crippen MR) is 110 cm³/mol. The number of carbonyl (C=O) groups excluding carboxylic acids is 3. The number of hydrogen-bond acceptors (Lipinski definition) is 5. The average Bonchev–Trinajstić information content (AvgIpc) is 2.93. The third-order valence-corrected chi connectivity index (χ3v) is 4.73.